The largest absolute Gasteiger partial charge is 0.326 e. The van der Waals surface area contributed by atoms with Crippen LogP contribution in [0.2, 0.25) is 0 Å². The zero-order valence-corrected chi connectivity index (χ0v) is 11.9. The van der Waals surface area contributed by atoms with Crippen molar-refractivity contribution in [2.45, 2.75) is 20.3 Å². The molecule has 20 heavy (non-hydrogen) atoms. The minimum absolute atomic E-state index is 0.0451. The molecule has 0 aliphatic heterocycles. The van der Waals surface area contributed by atoms with Crippen LogP contribution in [-0.2, 0) is 11.2 Å². The number of hydrogen-bond acceptors (Lipinski definition) is 1. The fourth-order valence-electron chi connectivity index (χ4n) is 2.20. The van der Waals surface area contributed by atoms with Crippen molar-refractivity contribution >= 4 is 11.6 Å². The van der Waals surface area contributed by atoms with Crippen LogP contribution in [0.3, 0.4) is 0 Å². The van der Waals surface area contributed by atoms with E-state index in [1.165, 1.54) is 5.56 Å². The summed E-state index contributed by atoms with van der Waals surface area (Å²) < 4.78 is 0. The van der Waals surface area contributed by atoms with Crippen molar-refractivity contribution < 1.29 is 4.79 Å². The predicted octanol–water partition coefficient (Wildman–Crippen LogP) is 3.80. The standard InChI is InChI=1S/C18H19NO/c1-14(13-16-9-5-3-6-10-16)18(19-15(2)20)17-11-7-4-8-12-17/h3-12H,13H2,1-2H3,(H,19,20)/b18-14+. The predicted molar refractivity (Wildman–Crippen MR) is 83.0 cm³/mol. The van der Waals surface area contributed by atoms with Crippen LogP contribution in [0, 0.1) is 0 Å². The van der Waals surface area contributed by atoms with Gasteiger partial charge in [0.15, 0.2) is 0 Å². The van der Waals surface area contributed by atoms with Gasteiger partial charge in [-0.1, -0.05) is 60.7 Å². The Kier molecular flexibility index (Phi) is 4.72. The molecule has 2 rings (SSSR count). The van der Waals surface area contributed by atoms with E-state index in [0.717, 1.165) is 23.3 Å². The Morgan fingerprint density at radius 2 is 1.45 bits per heavy atom. The minimum atomic E-state index is -0.0451. The fraction of sp³-hybridized carbons (Fsp3) is 0.167. The molecule has 1 N–H and O–H groups in total. The zero-order chi connectivity index (χ0) is 14.4. The molecule has 0 fully saturated rings. The van der Waals surface area contributed by atoms with Crippen molar-refractivity contribution in [3.63, 3.8) is 0 Å². The maximum atomic E-state index is 11.4. The molecule has 2 aromatic carbocycles. The molecule has 0 spiro atoms. The van der Waals surface area contributed by atoms with Crippen molar-refractivity contribution in [3.8, 4) is 0 Å². The number of carbonyl (C=O) groups excluding carboxylic acids is 1. The molecule has 0 aliphatic rings. The second-order valence-corrected chi connectivity index (χ2v) is 4.86. The highest BCUT2D eigenvalue weighted by molar-refractivity contribution is 5.86. The van der Waals surface area contributed by atoms with E-state index in [-0.39, 0.29) is 5.91 Å². The topological polar surface area (TPSA) is 29.1 Å². The molecule has 0 unspecified atom stereocenters. The smallest absolute Gasteiger partial charge is 0.221 e. The summed E-state index contributed by atoms with van der Waals surface area (Å²) in [6, 6.07) is 20.2. The van der Waals surface area contributed by atoms with Gasteiger partial charge in [-0.15, -0.1) is 0 Å². The van der Waals surface area contributed by atoms with Gasteiger partial charge in [-0.05, 0) is 30.0 Å². The number of rotatable bonds is 4. The summed E-state index contributed by atoms with van der Waals surface area (Å²) in [6.07, 6.45) is 0.825. The minimum Gasteiger partial charge on any atom is -0.326 e. The van der Waals surface area contributed by atoms with Crippen LogP contribution in [0.5, 0.6) is 0 Å². The number of nitrogens with one attached hydrogen (secondary N) is 1. The Balaban J connectivity index is 2.34. The van der Waals surface area contributed by atoms with Gasteiger partial charge in [0.1, 0.15) is 0 Å². The molecule has 0 aliphatic carbocycles. The number of benzene rings is 2. The fourth-order valence-corrected chi connectivity index (χ4v) is 2.20. The Morgan fingerprint density at radius 3 is 2.00 bits per heavy atom. The van der Waals surface area contributed by atoms with Crippen molar-refractivity contribution in [3.05, 3.63) is 77.4 Å². The van der Waals surface area contributed by atoms with Crippen molar-refractivity contribution in [1.29, 1.82) is 0 Å². The van der Waals surface area contributed by atoms with Crippen LogP contribution < -0.4 is 5.32 Å². The first-order valence-corrected chi connectivity index (χ1v) is 6.73. The average molecular weight is 265 g/mol. The van der Waals surface area contributed by atoms with E-state index in [0.29, 0.717) is 0 Å². The SMILES string of the molecule is CC(=O)N/C(=C(\C)Cc1ccccc1)c1ccccc1. The number of carbonyl (C=O) groups is 1. The summed E-state index contributed by atoms with van der Waals surface area (Å²) in [5.41, 5.74) is 4.33. The molecule has 2 heteroatoms. The summed E-state index contributed by atoms with van der Waals surface area (Å²) in [5.74, 6) is -0.0451. The Morgan fingerprint density at radius 1 is 0.900 bits per heavy atom. The molecule has 0 saturated heterocycles. The normalized spacial score (nSPS) is 11.7. The van der Waals surface area contributed by atoms with Crippen LogP contribution in [-0.4, -0.2) is 5.91 Å². The number of allylic oxidation sites excluding steroid dienone is 1. The van der Waals surface area contributed by atoms with Gasteiger partial charge in [-0.25, -0.2) is 0 Å². The lowest BCUT2D eigenvalue weighted by Crippen LogP contribution is -2.19. The third-order valence-corrected chi connectivity index (χ3v) is 3.10. The molecule has 2 aromatic rings. The van der Waals surface area contributed by atoms with Crippen LogP contribution in [0.4, 0.5) is 0 Å². The summed E-state index contributed by atoms with van der Waals surface area (Å²) in [4.78, 5) is 11.4. The quantitative estimate of drug-likeness (QED) is 0.895. The van der Waals surface area contributed by atoms with Crippen LogP contribution >= 0.6 is 0 Å². The van der Waals surface area contributed by atoms with E-state index >= 15 is 0 Å². The monoisotopic (exact) mass is 265 g/mol. The Hall–Kier alpha value is -2.35. The van der Waals surface area contributed by atoms with Gasteiger partial charge in [-0.3, -0.25) is 4.79 Å². The average Bonchev–Trinajstić information content (AvgIpc) is 2.46. The summed E-state index contributed by atoms with van der Waals surface area (Å²) >= 11 is 0. The van der Waals surface area contributed by atoms with Gasteiger partial charge in [0, 0.05) is 12.6 Å². The molecule has 2 nitrogen and oxygen atoms in total. The van der Waals surface area contributed by atoms with E-state index in [1.54, 1.807) is 6.92 Å². The zero-order valence-electron chi connectivity index (χ0n) is 11.9. The lowest BCUT2D eigenvalue weighted by Gasteiger charge is -2.13. The van der Waals surface area contributed by atoms with Crippen LogP contribution in [0.25, 0.3) is 5.70 Å². The van der Waals surface area contributed by atoms with Crippen LogP contribution in [0.1, 0.15) is 25.0 Å². The molecule has 0 atom stereocenters. The second-order valence-electron chi connectivity index (χ2n) is 4.86. The number of amides is 1. The van der Waals surface area contributed by atoms with E-state index in [2.05, 4.69) is 24.4 Å². The lowest BCUT2D eigenvalue weighted by atomic mass is 10.0. The number of hydrogen-bond donors (Lipinski definition) is 1. The lowest BCUT2D eigenvalue weighted by molar-refractivity contribution is -0.117. The van der Waals surface area contributed by atoms with Crippen LogP contribution in [0.15, 0.2) is 66.2 Å². The van der Waals surface area contributed by atoms with E-state index < -0.39 is 0 Å². The highest BCUT2D eigenvalue weighted by atomic mass is 16.1. The van der Waals surface area contributed by atoms with Gasteiger partial charge in [-0.2, -0.15) is 0 Å². The Bertz CT molecular complexity index is 600. The van der Waals surface area contributed by atoms with Crippen molar-refractivity contribution in [2.24, 2.45) is 0 Å². The molecule has 1 amide bonds. The van der Waals surface area contributed by atoms with Gasteiger partial charge in [0.05, 0.1) is 0 Å². The van der Waals surface area contributed by atoms with E-state index in [1.807, 2.05) is 48.5 Å². The van der Waals surface area contributed by atoms with Crippen molar-refractivity contribution in [2.75, 3.05) is 0 Å². The molecule has 0 aromatic heterocycles. The molecule has 0 heterocycles. The maximum absolute atomic E-state index is 11.4. The van der Waals surface area contributed by atoms with Gasteiger partial charge < -0.3 is 5.32 Å². The second kappa shape index (κ2) is 6.71. The Labute approximate surface area is 120 Å². The first-order valence-electron chi connectivity index (χ1n) is 6.73. The van der Waals surface area contributed by atoms with Gasteiger partial charge >= 0.3 is 0 Å². The first kappa shape index (κ1) is 14.1. The third-order valence-electron chi connectivity index (χ3n) is 3.10. The summed E-state index contributed by atoms with van der Waals surface area (Å²) in [5, 5.41) is 2.96. The van der Waals surface area contributed by atoms with Crippen molar-refractivity contribution in [1.82, 2.24) is 5.32 Å². The maximum Gasteiger partial charge on any atom is 0.221 e. The van der Waals surface area contributed by atoms with E-state index in [4.69, 9.17) is 0 Å². The molecular weight excluding hydrogens is 246 g/mol. The highest BCUT2D eigenvalue weighted by Gasteiger charge is 2.08. The molecule has 102 valence electrons. The first-order chi connectivity index (χ1) is 9.66. The highest BCUT2D eigenvalue weighted by Crippen LogP contribution is 2.19. The molecule has 0 bridgehead atoms. The molecular formula is C18H19NO. The van der Waals surface area contributed by atoms with Gasteiger partial charge in [0.25, 0.3) is 0 Å². The summed E-state index contributed by atoms with van der Waals surface area (Å²) in [6.45, 7) is 3.60. The molecule has 0 saturated carbocycles. The third kappa shape index (κ3) is 3.82. The summed E-state index contributed by atoms with van der Waals surface area (Å²) in [7, 11) is 0. The van der Waals surface area contributed by atoms with Gasteiger partial charge in [0.2, 0.25) is 5.91 Å². The molecule has 0 radical (unpaired) electrons. The van der Waals surface area contributed by atoms with E-state index in [9.17, 15) is 4.79 Å².